The quantitative estimate of drug-likeness (QED) is 0.678. The summed E-state index contributed by atoms with van der Waals surface area (Å²) in [5.41, 5.74) is -0.689. The van der Waals surface area contributed by atoms with E-state index in [4.69, 9.17) is 4.74 Å². The molecule has 0 N–H and O–H groups in total. The second kappa shape index (κ2) is 7.28. The van der Waals surface area contributed by atoms with Crippen LogP contribution in [0.15, 0.2) is 0 Å². The Bertz CT molecular complexity index is 283. The van der Waals surface area contributed by atoms with Gasteiger partial charge in [-0.05, 0) is 61.1 Å². The summed E-state index contributed by atoms with van der Waals surface area (Å²) in [6.45, 7) is 15.2. The van der Waals surface area contributed by atoms with Crippen molar-refractivity contribution in [2.24, 2.45) is 5.41 Å². The molecule has 0 radical (unpaired) electrons. The van der Waals surface area contributed by atoms with E-state index in [1.54, 1.807) is 0 Å². The van der Waals surface area contributed by atoms with Crippen LogP contribution in [-0.2, 0) is 9.53 Å². The molecule has 0 unspecified atom stereocenters. The van der Waals surface area contributed by atoms with Gasteiger partial charge in [0.2, 0.25) is 0 Å². The van der Waals surface area contributed by atoms with Crippen LogP contribution in [0, 0.1) is 5.41 Å². The Morgan fingerprint density at radius 2 is 1.84 bits per heavy atom. The lowest BCUT2D eigenvalue weighted by Gasteiger charge is -2.41. The van der Waals surface area contributed by atoms with Crippen molar-refractivity contribution in [1.82, 2.24) is 4.90 Å². The third-order valence-electron chi connectivity index (χ3n) is 3.41. The monoisotopic (exact) mass is 271 g/mol. The number of hydrogen-bond donors (Lipinski definition) is 0. The minimum absolute atomic E-state index is 0.0417. The molecule has 1 heterocycles. The zero-order chi connectivity index (χ0) is 15.3. The van der Waals surface area contributed by atoms with E-state index in [0.29, 0.717) is 6.04 Å². The predicted molar refractivity (Wildman–Crippen MR) is 81.2 cm³/mol. The van der Waals surface area contributed by atoms with E-state index >= 15 is 0 Å². The van der Waals surface area contributed by atoms with Gasteiger partial charge in [-0.2, -0.15) is 0 Å². The first-order chi connectivity index (χ1) is 8.55. The Morgan fingerprint density at radius 1 is 1.37 bits per heavy atom. The smallest absolute Gasteiger partial charge is 0.312 e. The normalized spacial score (nSPS) is 28.3. The molecule has 0 bridgehead atoms. The average molecular weight is 271 g/mol. The molecule has 1 rings (SSSR count). The van der Waals surface area contributed by atoms with Crippen LogP contribution in [0.2, 0.25) is 0 Å². The van der Waals surface area contributed by atoms with Crippen molar-refractivity contribution in [1.29, 1.82) is 0 Å². The van der Waals surface area contributed by atoms with Crippen LogP contribution in [0.1, 0.15) is 67.7 Å². The highest BCUT2D eigenvalue weighted by atomic mass is 16.6. The molecular formula is C16H33NO2. The Morgan fingerprint density at radius 3 is 2.21 bits per heavy atom. The fourth-order valence-electron chi connectivity index (χ4n) is 2.14. The number of nitrogens with zero attached hydrogens (tertiary/aromatic N) is 1. The van der Waals surface area contributed by atoms with Crippen LogP contribution in [0.3, 0.4) is 0 Å². The summed E-state index contributed by atoms with van der Waals surface area (Å²) in [4.78, 5) is 14.4. The Balaban J connectivity index is 0.000000982. The van der Waals surface area contributed by atoms with Gasteiger partial charge in [-0.15, -0.1) is 0 Å². The van der Waals surface area contributed by atoms with Crippen molar-refractivity contribution >= 4 is 5.97 Å². The second-order valence-electron chi connectivity index (χ2n) is 7.05. The summed E-state index contributed by atoms with van der Waals surface area (Å²) < 4.78 is 5.51. The minimum atomic E-state index is -0.382. The van der Waals surface area contributed by atoms with Crippen LogP contribution >= 0.6 is 0 Å². The first-order valence-electron chi connectivity index (χ1n) is 7.49. The predicted octanol–water partition coefficient (Wildman–Crippen LogP) is 3.86. The summed E-state index contributed by atoms with van der Waals surface area (Å²) in [6, 6.07) is 0.450. The molecule has 3 heteroatoms. The van der Waals surface area contributed by atoms with E-state index in [9.17, 15) is 4.79 Å². The van der Waals surface area contributed by atoms with E-state index in [0.717, 1.165) is 19.4 Å². The molecule has 1 saturated heterocycles. The van der Waals surface area contributed by atoms with Gasteiger partial charge in [0, 0.05) is 6.04 Å². The largest absolute Gasteiger partial charge is 0.460 e. The number of hydrogen-bond acceptors (Lipinski definition) is 3. The van der Waals surface area contributed by atoms with Crippen molar-refractivity contribution in [2.75, 3.05) is 13.6 Å². The zero-order valence-corrected chi connectivity index (χ0v) is 14.2. The van der Waals surface area contributed by atoms with Crippen molar-refractivity contribution < 1.29 is 9.53 Å². The zero-order valence-electron chi connectivity index (χ0n) is 14.2. The Kier molecular flexibility index (Phi) is 7.06. The number of ether oxygens (including phenoxy) is 1. The molecule has 2 atom stereocenters. The SMILES string of the molecule is CCC.C[C@H]1C[C@@](C)(C(=O)OC(C)(C)C)CCN1C. The van der Waals surface area contributed by atoms with E-state index < -0.39 is 0 Å². The first-order valence-corrected chi connectivity index (χ1v) is 7.49. The van der Waals surface area contributed by atoms with Crippen molar-refractivity contribution in [2.45, 2.75) is 79.4 Å². The molecule has 0 aromatic heterocycles. The number of likely N-dealkylation sites (tertiary alicyclic amines) is 1. The molecule has 19 heavy (non-hydrogen) atoms. The number of carbonyl (C=O) groups excluding carboxylic acids is 1. The fraction of sp³-hybridized carbons (Fsp3) is 0.938. The molecule has 3 nitrogen and oxygen atoms in total. The summed E-state index contributed by atoms with van der Waals surface area (Å²) in [5, 5.41) is 0. The molecule has 0 aromatic rings. The number of piperidine rings is 1. The van der Waals surface area contributed by atoms with Gasteiger partial charge in [-0.25, -0.2) is 0 Å². The van der Waals surface area contributed by atoms with Crippen molar-refractivity contribution in [3.63, 3.8) is 0 Å². The highest BCUT2D eigenvalue weighted by Gasteiger charge is 2.41. The van der Waals surface area contributed by atoms with Gasteiger partial charge in [0.1, 0.15) is 5.60 Å². The Hall–Kier alpha value is -0.570. The topological polar surface area (TPSA) is 29.5 Å². The highest BCUT2D eigenvalue weighted by molar-refractivity contribution is 5.77. The average Bonchev–Trinajstić information content (AvgIpc) is 2.23. The molecule has 0 amide bonds. The molecule has 0 spiro atoms. The molecule has 1 fully saturated rings. The van der Waals surface area contributed by atoms with Crippen LogP contribution in [-0.4, -0.2) is 36.1 Å². The third-order valence-corrected chi connectivity index (χ3v) is 3.41. The van der Waals surface area contributed by atoms with Gasteiger partial charge in [-0.1, -0.05) is 20.3 Å². The highest BCUT2D eigenvalue weighted by Crippen LogP contribution is 2.36. The second-order valence-corrected chi connectivity index (χ2v) is 7.05. The van der Waals surface area contributed by atoms with Gasteiger partial charge in [0.25, 0.3) is 0 Å². The van der Waals surface area contributed by atoms with E-state index in [1.165, 1.54) is 6.42 Å². The summed E-state index contributed by atoms with van der Waals surface area (Å²) in [6.07, 6.45) is 3.03. The van der Waals surface area contributed by atoms with Gasteiger partial charge < -0.3 is 9.64 Å². The molecule has 1 aliphatic heterocycles. The maximum atomic E-state index is 12.1. The standard InChI is InChI=1S/C13H25NO2.C3H8/c1-10-9-13(5,7-8-14(10)6)11(15)16-12(2,3)4;1-3-2/h10H,7-9H2,1-6H3;3H2,1-2H3/t10-,13-;/m0./s1. The van der Waals surface area contributed by atoms with E-state index in [1.807, 2.05) is 27.7 Å². The van der Waals surface area contributed by atoms with E-state index in [-0.39, 0.29) is 17.0 Å². The van der Waals surface area contributed by atoms with Crippen LogP contribution in [0.5, 0.6) is 0 Å². The maximum Gasteiger partial charge on any atom is 0.312 e. The number of rotatable bonds is 1. The molecule has 0 saturated carbocycles. The molecule has 1 aliphatic rings. The maximum absolute atomic E-state index is 12.1. The van der Waals surface area contributed by atoms with E-state index in [2.05, 4.69) is 32.7 Å². The summed E-state index contributed by atoms with van der Waals surface area (Å²) in [7, 11) is 2.11. The van der Waals surface area contributed by atoms with Crippen LogP contribution in [0.25, 0.3) is 0 Å². The minimum Gasteiger partial charge on any atom is -0.460 e. The first kappa shape index (κ1) is 18.4. The Labute approximate surface area is 119 Å². The molecule has 114 valence electrons. The number of carbonyl (C=O) groups is 1. The van der Waals surface area contributed by atoms with Gasteiger partial charge in [0.15, 0.2) is 0 Å². The molecule has 0 aromatic carbocycles. The molecule has 0 aliphatic carbocycles. The lowest BCUT2D eigenvalue weighted by Crippen LogP contribution is -2.47. The molecular weight excluding hydrogens is 238 g/mol. The van der Waals surface area contributed by atoms with Gasteiger partial charge in [0.05, 0.1) is 5.41 Å². The van der Waals surface area contributed by atoms with Crippen LogP contribution in [0.4, 0.5) is 0 Å². The number of esters is 1. The van der Waals surface area contributed by atoms with Crippen LogP contribution < -0.4 is 0 Å². The van der Waals surface area contributed by atoms with Gasteiger partial charge in [-0.3, -0.25) is 4.79 Å². The fourth-order valence-corrected chi connectivity index (χ4v) is 2.14. The lowest BCUT2D eigenvalue weighted by molar-refractivity contribution is -0.170. The van der Waals surface area contributed by atoms with Crippen molar-refractivity contribution in [3.05, 3.63) is 0 Å². The summed E-state index contributed by atoms with van der Waals surface area (Å²) >= 11 is 0. The third kappa shape index (κ3) is 6.42. The lowest BCUT2D eigenvalue weighted by atomic mass is 9.77. The van der Waals surface area contributed by atoms with Gasteiger partial charge >= 0.3 is 5.97 Å². The summed E-state index contributed by atoms with van der Waals surface area (Å²) in [5.74, 6) is -0.0417. The van der Waals surface area contributed by atoms with Crippen molar-refractivity contribution in [3.8, 4) is 0 Å².